The van der Waals surface area contributed by atoms with E-state index in [0.717, 1.165) is 5.69 Å². The zero-order valence-corrected chi connectivity index (χ0v) is 10.6. The molecule has 1 heterocycles. The fraction of sp³-hybridized carbons (Fsp3) is 0.615. The highest BCUT2D eigenvalue weighted by molar-refractivity contribution is 6.32. The number of aromatic nitrogens is 1. The molecule has 0 amide bonds. The van der Waals surface area contributed by atoms with Crippen LogP contribution in [-0.2, 0) is 0 Å². The van der Waals surface area contributed by atoms with Gasteiger partial charge in [0.15, 0.2) is 5.15 Å². The summed E-state index contributed by atoms with van der Waals surface area (Å²) in [5.74, 6) is 0. The zero-order valence-electron chi connectivity index (χ0n) is 9.80. The van der Waals surface area contributed by atoms with Crippen LogP contribution in [0.4, 0.5) is 5.69 Å². The van der Waals surface area contributed by atoms with Crippen LogP contribution < -0.4 is 5.32 Å². The summed E-state index contributed by atoms with van der Waals surface area (Å²) < 4.78 is 0. The summed E-state index contributed by atoms with van der Waals surface area (Å²) in [6, 6.07) is 2.58. The zero-order chi connectivity index (χ0) is 11.4. The monoisotopic (exact) mass is 238 g/mol. The smallest absolute Gasteiger partial charge is 0.152 e. The van der Waals surface area contributed by atoms with Crippen molar-refractivity contribution in [1.82, 2.24) is 4.98 Å². The highest BCUT2D eigenvalue weighted by atomic mass is 35.5. The highest BCUT2D eigenvalue weighted by Crippen LogP contribution is 2.27. The summed E-state index contributed by atoms with van der Waals surface area (Å²) >= 11 is 6.12. The van der Waals surface area contributed by atoms with Crippen LogP contribution in [0.1, 0.15) is 44.1 Å². The number of anilines is 1. The van der Waals surface area contributed by atoms with Gasteiger partial charge in [0.25, 0.3) is 0 Å². The third kappa shape index (κ3) is 2.88. The van der Waals surface area contributed by atoms with E-state index in [1.165, 1.54) is 44.1 Å². The minimum atomic E-state index is 0.572. The summed E-state index contributed by atoms with van der Waals surface area (Å²) in [4.78, 5) is 4.13. The molecule has 1 aliphatic carbocycles. The van der Waals surface area contributed by atoms with E-state index in [1.807, 2.05) is 6.07 Å². The predicted molar refractivity (Wildman–Crippen MR) is 69.1 cm³/mol. The quantitative estimate of drug-likeness (QED) is 0.618. The largest absolute Gasteiger partial charge is 0.380 e. The Labute approximate surface area is 102 Å². The molecule has 0 aliphatic heterocycles. The van der Waals surface area contributed by atoms with E-state index in [4.69, 9.17) is 11.6 Å². The molecule has 0 unspecified atom stereocenters. The number of hydrogen-bond donors (Lipinski definition) is 1. The van der Waals surface area contributed by atoms with Crippen LogP contribution in [0.2, 0.25) is 5.15 Å². The van der Waals surface area contributed by atoms with Crippen LogP contribution in [0.3, 0.4) is 0 Å². The molecule has 3 heteroatoms. The van der Waals surface area contributed by atoms with Crippen LogP contribution in [0.15, 0.2) is 12.3 Å². The van der Waals surface area contributed by atoms with Gasteiger partial charge < -0.3 is 5.32 Å². The highest BCUT2D eigenvalue weighted by Gasteiger charge is 2.14. The minimum absolute atomic E-state index is 0.572. The van der Waals surface area contributed by atoms with E-state index in [2.05, 4.69) is 17.2 Å². The van der Waals surface area contributed by atoms with Crippen LogP contribution in [0.25, 0.3) is 0 Å². The fourth-order valence-electron chi connectivity index (χ4n) is 2.33. The number of halogens is 1. The molecule has 0 saturated heterocycles. The molecule has 0 atom stereocenters. The third-order valence-corrected chi connectivity index (χ3v) is 3.60. The second-order valence-electron chi connectivity index (χ2n) is 4.63. The molecule has 0 spiro atoms. The van der Waals surface area contributed by atoms with Gasteiger partial charge >= 0.3 is 0 Å². The first kappa shape index (κ1) is 11.7. The molecule has 1 aromatic rings. The normalized spacial score (nSPS) is 18.1. The molecule has 1 fully saturated rings. The first-order valence-electron chi connectivity index (χ1n) is 6.15. The van der Waals surface area contributed by atoms with Gasteiger partial charge in [-0.15, -0.1) is 0 Å². The van der Waals surface area contributed by atoms with E-state index >= 15 is 0 Å². The van der Waals surface area contributed by atoms with Crippen molar-refractivity contribution in [2.45, 2.75) is 51.5 Å². The van der Waals surface area contributed by atoms with Crippen LogP contribution in [-0.4, -0.2) is 11.0 Å². The summed E-state index contributed by atoms with van der Waals surface area (Å²) in [6.07, 6.45) is 9.67. The summed E-state index contributed by atoms with van der Waals surface area (Å²) in [5, 5.41) is 4.16. The minimum Gasteiger partial charge on any atom is -0.380 e. The molecule has 0 bridgehead atoms. The Morgan fingerprint density at radius 2 is 1.94 bits per heavy atom. The van der Waals surface area contributed by atoms with Gasteiger partial charge in [-0.25, -0.2) is 4.98 Å². The number of nitrogens with one attached hydrogen (secondary N) is 1. The average molecular weight is 239 g/mol. The van der Waals surface area contributed by atoms with Gasteiger partial charge in [0.2, 0.25) is 0 Å². The molecule has 1 saturated carbocycles. The molecule has 1 aromatic heterocycles. The maximum Gasteiger partial charge on any atom is 0.152 e. The van der Waals surface area contributed by atoms with Gasteiger partial charge in [0, 0.05) is 12.2 Å². The second kappa shape index (κ2) is 5.53. The number of pyridine rings is 1. The molecule has 0 radical (unpaired) electrons. The van der Waals surface area contributed by atoms with E-state index in [9.17, 15) is 0 Å². The lowest BCUT2D eigenvalue weighted by atomic mass is 10.1. The third-order valence-electron chi connectivity index (χ3n) is 3.32. The molecule has 16 heavy (non-hydrogen) atoms. The topological polar surface area (TPSA) is 24.9 Å². The Balaban J connectivity index is 2.07. The average Bonchev–Trinajstić information content (AvgIpc) is 2.52. The molecular weight excluding hydrogens is 220 g/mol. The van der Waals surface area contributed by atoms with Crippen LogP contribution in [0, 0.1) is 6.92 Å². The van der Waals surface area contributed by atoms with Gasteiger partial charge in [-0.3, -0.25) is 0 Å². The maximum absolute atomic E-state index is 6.12. The lowest BCUT2D eigenvalue weighted by molar-refractivity contribution is 0.619. The standard InChI is InChI=1S/C13H19ClN2/c1-10-8-9-15-13(14)12(10)16-11-6-4-2-3-5-7-11/h8-9,11,16H,2-7H2,1H3. The van der Waals surface area contributed by atoms with Crippen molar-refractivity contribution in [2.24, 2.45) is 0 Å². The molecular formula is C13H19ClN2. The molecule has 1 N–H and O–H groups in total. The van der Waals surface area contributed by atoms with Crippen molar-refractivity contribution in [2.75, 3.05) is 5.32 Å². The first-order valence-corrected chi connectivity index (χ1v) is 6.53. The van der Waals surface area contributed by atoms with Crippen molar-refractivity contribution in [3.8, 4) is 0 Å². The van der Waals surface area contributed by atoms with E-state index in [0.29, 0.717) is 11.2 Å². The number of nitrogens with zero attached hydrogens (tertiary/aromatic N) is 1. The Morgan fingerprint density at radius 3 is 2.56 bits per heavy atom. The van der Waals surface area contributed by atoms with Gasteiger partial charge in [-0.1, -0.05) is 37.3 Å². The molecule has 2 nitrogen and oxygen atoms in total. The van der Waals surface area contributed by atoms with Crippen LogP contribution >= 0.6 is 11.6 Å². The van der Waals surface area contributed by atoms with Gasteiger partial charge in [-0.05, 0) is 31.4 Å². The van der Waals surface area contributed by atoms with Gasteiger partial charge in [-0.2, -0.15) is 0 Å². The van der Waals surface area contributed by atoms with Crippen molar-refractivity contribution >= 4 is 17.3 Å². The van der Waals surface area contributed by atoms with Crippen molar-refractivity contribution < 1.29 is 0 Å². The molecule has 1 aliphatic rings. The van der Waals surface area contributed by atoms with E-state index in [1.54, 1.807) is 6.20 Å². The molecule has 0 aromatic carbocycles. The first-order chi connectivity index (χ1) is 7.77. The molecule has 2 rings (SSSR count). The lowest BCUT2D eigenvalue weighted by Gasteiger charge is -2.19. The van der Waals surface area contributed by atoms with Crippen molar-refractivity contribution in [3.05, 3.63) is 23.0 Å². The second-order valence-corrected chi connectivity index (χ2v) is 4.98. The number of rotatable bonds is 2. The lowest BCUT2D eigenvalue weighted by Crippen LogP contribution is -2.19. The summed E-state index contributed by atoms with van der Waals surface area (Å²) in [5.41, 5.74) is 2.21. The number of aryl methyl sites for hydroxylation is 1. The van der Waals surface area contributed by atoms with Crippen LogP contribution in [0.5, 0.6) is 0 Å². The Kier molecular flexibility index (Phi) is 4.05. The van der Waals surface area contributed by atoms with E-state index < -0.39 is 0 Å². The van der Waals surface area contributed by atoms with Gasteiger partial charge in [0.1, 0.15) is 0 Å². The van der Waals surface area contributed by atoms with E-state index in [-0.39, 0.29) is 0 Å². The van der Waals surface area contributed by atoms with Crippen molar-refractivity contribution in [1.29, 1.82) is 0 Å². The molecule has 88 valence electrons. The Morgan fingerprint density at radius 1 is 1.25 bits per heavy atom. The van der Waals surface area contributed by atoms with Crippen molar-refractivity contribution in [3.63, 3.8) is 0 Å². The fourth-order valence-corrected chi connectivity index (χ4v) is 2.59. The SMILES string of the molecule is Cc1ccnc(Cl)c1NC1CCCCCC1. The Bertz CT molecular complexity index is 324. The Hall–Kier alpha value is -0.760. The number of hydrogen-bond acceptors (Lipinski definition) is 2. The van der Waals surface area contributed by atoms with Gasteiger partial charge in [0.05, 0.1) is 5.69 Å². The predicted octanol–water partition coefficient (Wildman–Crippen LogP) is 4.18. The summed E-state index contributed by atoms with van der Waals surface area (Å²) in [6.45, 7) is 2.08. The maximum atomic E-state index is 6.12. The summed E-state index contributed by atoms with van der Waals surface area (Å²) in [7, 11) is 0.